The third-order valence-electron chi connectivity index (χ3n) is 0.109. The van der Waals surface area contributed by atoms with Crippen LogP contribution in [-0.2, 0) is 0 Å². The monoisotopic (exact) mass is 146 g/mol. The summed E-state index contributed by atoms with van der Waals surface area (Å²) in [6.45, 7) is 3.43. The molecular weight excluding hydrogens is 140 g/mol. The van der Waals surface area contributed by atoms with E-state index >= 15 is 0 Å². The molecule has 0 aromatic carbocycles. The topological polar surface area (TPSA) is 0 Å². The number of rotatable bonds is 1. The first-order valence-corrected chi connectivity index (χ1v) is 2.21. The summed E-state index contributed by atoms with van der Waals surface area (Å²) in [5.41, 5.74) is 0. The number of halogens is 1. The van der Waals surface area contributed by atoms with Gasteiger partial charge in [-0.15, -0.1) is 6.58 Å². The molecule has 0 aromatic rings. The fourth-order valence-electron chi connectivity index (χ4n) is 0. The molecule has 0 unspecified atom stereocenters. The zero-order chi connectivity index (χ0) is 3.41. The van der Waals surface area contributed by atoms with Gasteiger partial charge in [-0.1, -0.05) is 22.0 Å². The summed E-state index contributed by atoms with van der Waals surface area (Å²) in [6.07, 6.45) is 1.79. The van der Waals surface area contributed by atoms with Gasteiger partial charge in [0.15, 0.2) is 0 Å². The van der Waals surface area contributed by atoms with Gasteiger partial charge in [-0.05, 0) is 0 Å². The predicted octanol–water partition coefficient (Wildman–Crippen LogP) is 1.41. The zero-order valence-electron chi connectivity index (χ0n) is 5.08. The van der Waals surface area contributed by atoms with Gasteiger partial charge in [-0.25, -0.2) is 0 Å². The van der Waals surface area contributed by atoms with Gasteiger partial charge in [0.05, 0.1) is 0 Å². The molecule has 0 aliphatic heterocycles. The van der Waals surface area contributed by atoms with E-state index in [0.29, 0.717) is 0 Å². The molecule has 5 heavy (non-hydrogen) atoms. The Morgan fingerprint density at radius 2 is 2.20 bits per heavy atom. The Bertz CT molecular complexity index is 26.9. The Labute approximate surface area is 59.9 Å². The van der Waals surface area contributed by atoms with Gasteiger partial charge in [0.1, 0.15) is 0 Å². The molecule has 0 saturated carbocycles. The largest absolute Gasteiger partial charge is 2.00 e. The Hall–Kier alpha value is 0.986. The molecule has 28 valence electrons. The maximum Gasteiger partial charge on any atom is 2.00 e. The SMILES string of the molecule is C=CCBr.[H-].[H-].[Mg+2]. The summed E-state index contributed by atoms with van der Waals surface area (Å²) in [7, 11) is 0. The van der Waals surface area contributed by atoms with Crippen LogP contribution >= 0.6 is 15.9 Å². The molecule has 0 rings (SSSR count). The van der Waals surface area contributed by atoms with Crippen LogP contribution < -0.4 is 0 Å². The second-order valence-electron chi connectivity index (χ2n) is 0.443. The van der Waals surface area contributed by atoms with Crippen molar-refractivity contribution in [1.29, 1.82) is 0 Å². The fraction of sp³-hybridized carbons (Fsp3) is 0.333. The minimum absolute atomic E-state index is 0. The molecule has 0 aromatic heterocycles. The molecule has 0 fully saturated rings. The molecule has 0 N–H and O–H groups in total. The quantitative estimate of drug-likeness (QED) is 0.299. The molecular formula is C3H7BrMg. The first-order valence-electron chi connectivity index (χ1n) is 1.08. The van der Waals surface area contributed by atoms with Crippen molar-refractivity contribution in [1.82, 2.24) is 0 Å². The van der Waals surface area contributed by atoms with Crippen LogP contribution in [0.4, 0.5) is 0 Å². The van der Waals surface area contributed by atoms with Crippen LogP contribution in [-0.4, -0.2) is 28.4 Å². The van der Waals surface area contributed by atoms with Gasteiger partial charge in [-0.3, -0.25) is 0 Å². The van der Waals surface area contributed by atoms with Crippen molar-refractivity contribution in [3.63, 3.8) is 0 Å². The van der Waals surface area contributed by atoms with Gasteiger partial charge in [0.2, 0.25) is 0 Å². The van der Waals surface area contributed by atoms with Gasteiger partial charge < -0.3 is 2.85 Å². The summed E-state index contributed by atoms with van der Waals surface area (Å²) in [5, 5.41) is 0.896. The summed E-state index contributed by atoms with van der Waals surface area (Å²) in [4.78, 5) is 0. The van der Waals surface area contributed by atoms with Crippen molar-refractivity contribution < 1.29 is 2.85 Å². The molecule has 0 saturated heterocycles. The van der Waals surface area contributed by atoms with Gasteiger partial charge in [0.25, 0.3) is 0 Å². The van der Waals surface area contributed by atoms with Gasteiger partial charge in [-0.2, -0.15) is 0 Å². The molecule has 0 atom stereocenters. The van der Waals surface area contributed by atoms with Crippen molar-refractivity contribution in [3.05, 3.63) is 12.7 Å². The second kappa shape index (κ2) is 8.88. The van der Waals surface area contributed by atoms with Crippen molar-refractivity contribution in [3.8, 4) is 0 Å². The van der Waals surface area contributed by atoms with Crippen LogP contribution in [0.5, 0.6) is 0 Å². The molecule has 2 heteroatoms. The number of hydrogen-bond donors (Lipinski definition) is 0. The van der Waals surface area contributed by atoms with E-state index in [9.17, 15) is 0 Å². The van der Waals surface area contributed by atoms with E-state index in [1.54, 1.807) is 6.08 Å². The Morgan fingerprint density at radius 3 is 2.20 bits per heavy atom. The van der Waals surface area contributed by atoms with E-state index in [-0.39, 0.29) is 25.9 Å². The van der Waals surface area contributed by atoms with Crippen molar-refractivity contribution >= 4 is 39.0 Å². The second-order valence-corrected chi connectivity index (χ2v) is 1.09. The molecule has 0 amide bonds. The Balaban J connectivity index is -0.0000000150. The molecule has 0 bridgehead atoms. The average Bonchev–Trinajstić information content (AvgIpc) is 1.37. The maximum absolute atomic E-state index is 3.43. The van der Waals surface area contributed by atoms with Crippen molar-refractivity contribution in [2.75, 3.05) is 5.33 Å². The van der Waals surface area contributed by atoms with E-state index < -0.39 is 0 Å². The number of hydrogen-bond acceptors (Lipinski definition) is 0. The molecule has 0 nitrogen and oxygen atoms in total. The van der Waals surface area contributed by atoms with Crippen LogP contribution in [0, 0.1) is 0 Å². The van der Waals surface area contributed by atoms with Gasteiger partial charge in [0, 0.05) is 5.33 Å². The molecule has 0 radical (unpaired) electrons. The van der Waals surface area contributed by atoms with E-state index in [1.807, 2.05) is 0 Å². The number of alkyl halides is 1. The standard InChI is InChI=1S/C3H5Br.Mg.2H/c1-2-3-4;;;/h2H,1,3H2;;;/q;+2;2*-1. The molecule has 0 aliphatic carbocycles. The average molecular weight is 147 g/mol. The third-order valence-corrected chi connectivity index (χ3v) is 0.567. The molecule has 0 heterocycles. The van der Waals surface area contributed by atoms with E-state index in [4.69, 9.17) is 0 Å². The van der Waals surface area contributed by atoms with E-state index in [1.165, 1.54) is 0 Å². The van der Waals surface area contributed by atoms with Crippen LogP contribution in [0.1, 0.15) is 2.85 Å². The maximum atomic E-state index is 3.43. The molecule has 0 aliphatic rings. The van der Waals surface area contributed by atoms with E-state index in [2.05, 4.69) is 22.5 Å². The minimum atomic E-state index is 0. The minimum Gasteiger partial charge on any atom is -1.00 e. The zero-order valence-corrected chi connectivity index (χ0v) is 6.08. The van der Waals surface area contributed by atoms with Gasteiger partial charge >= 0.3 is 23.1 Å². The first-order chi connectivity index (χ1) is 1.91. The van der Waals surface area contributed by atoms with Crippen LogP contribution in [0.2, 0.25) is 0 Å². The number of allylic oxidation sites excluding steroid dienone is 1. The molecule has 0 spiro atoms. The van der Waals surface area contributed by atoms with Crippen LogP contribution in [0.3, 0.4) is 0 Å². The normalized spacial score (nSPS) is 5.00. The Kier molecular flexibility index (Phi) is 16.6. The summed E-state index contributed by atoms with van der Waals surface area (Å²) < 4.78 is 0. The smallest absolute Gasteiger partial charge is 1.00 e. The van der Waals surface area contributed by atoms with E-state index in [0.717, 1.165) is 5.33 Å². The summed E-state index contributed by atoms with van der Waals surface area (Å²) in [6, 6.07) is 0. The van der Waals surface area contributed by atoms with Crippen molar-refractivity contribution in [2.45, 2.75) is 0 Å². The van der Waals surface area contributed by atoms with Crippen molar-refractivity contribution in [2.24, 2.45) is 0 Å². The first kappa shape index (κ1) is 9.37. The Morgan fingerprint density at radius 1 is 2.00 bits per heavy atom. The van der Waals surface area contributed by atoms with Crippen LogP contribution in [0.15, 0.2) is 12.7 Å². The summed E-state index contributed by atoms with van der Waals surface area (Å²) in [5.74, 6) is 0. The predicted molar refractivity (Wildman–Crippen MR) is 32.0 cm³/mol. The summed E-state index contributed by atoms with van der Waals surface area (Å²) >= 11 is 3.13. The third kappa shape index (κ3) is 11.3. The van der Waals surface area contributed by atoms with Crippen LogP contribution in [0.25, 0.3) is 0 Å². The fourth-order valence-corrected chi connectivity index (χ4v) is 0.